The summed E-state index contributed by atoms with van der Waals surface area (Å²) in [5, 5.41) is 3.18. The van der Waals surface area contributed by atoms with Gasteiger partial charge in [0.15, 0.2) is 5.78 Å². The van der Waals surface area contributed by atoms with Gasteiger partial charge in [-0.2, -0.15) is 0 Å². The van der Waals surface area contributed by atoms with Gasteiger partial charge in [-0.3, -0.25) is 9.59 Å². The quantitative estimate of drug-likeness (QED) is 0.829. The average molecular weight is 320 g/mol. The third kappa shape index (κ3) is 4.67. The standard InChI is InChI=1S/C17H15ClFNO2/c18-15-4-2-1-3-12(15)7-10-17(22)20-11-16(21)13-5-8-14(19)9-6-13/h1-6,8-9H,7,10-11H2,(H,20,22). The van der Waals surface area contributed by atoms with Crippen molar-refractivity contribution in [2.45, 2.75) is 12.8 Å². The number of carbonyl (C=O) groups excluding carboxylic acids is 2. The molecule has 0 atom stereocenters. The highest BCUT2D eigenvalue weighted by atomic mass is 35.5. The Morgan fingerprint density at radius 1 is 1.05 bits per heavy atom. The predicted octanol–water partition coefficient (Wildman–Crippen LogP) is 3.41. The van der Waals surface area contributed by atoms with Crippen LogP contribution in [0.2, 0.25) is 5.02 Å². The molecule has 0 fully saturated rings. The molecule has 22 heavy (non-hydrogen) atoms. The molecule has 0 aromatic heterocycles. The van der Waals surface area contributed by atoms with Crippen LogP contribution >= 0.6 is 11.6 Å². The maximum absolute atomic E-state index is 12.8. The van der Waals surface area contributed by atoms with E-state index in [4.69, 9.17) is 11.6 Å². The van der Waals surface area contributed by atoms with Crippen LogP contribution in [0.15, 0.2) is 48.5 Å². The summed E-state index contributed by atoms with van der Waals surface area (Å²) in [5.74, 6) is -0.887. The Morgan fingerprint density at radius 2 is 1.73 bits per heavy atom. The highest BCUT2D eigenvalue weighted by molar-refractivity contribution is 6.31. The summed E-state index contributed by atoms with van der Waals surface area (Å²) in [4.78, 5) is 23.6. The van der Waals surface area contributed by atoms with Crippen molar-refractivity contribution in [1.82, 2.24) is 5.32 Å². The van der Waals surface area contributed by atoms with Gasteiger partial charge in [0.05, 0.1) is 6.54 Å². The fourth-order valence-electron chi connectivity index (χ4n) is 1.95. The number of aryl methyl sites for hydroxylation is 1. The number of halogens is 2. The SMILES string of the molecule is O=C(CCc1ccccc1Cl)NCC(=O)c1ccc(F)cc1. The molecule has 1 N–H and O–H groups in total. The molecule has 2 aromatic carbocycles. The van der Waals surface area contributed by atoms with Crippen molar-refractivity contribution in [3.05, 3.63) is 70.5 Å². The Bertz CT molecular complexity index is 671. The number of Topliss-reactive ketones (excluding diaryl/α,β-unsaturated/α-hetero) is 1. The predicted molar refractivity (Wildman–Crippen MR) is 83.5 cm³/mol. The molecule has 0 aliphatic carbocycles. The minimum absolute atomic E-state index is 0.104. The van der Waals surface area contributed by atoms with Crippen LogP contribution in [0.5, 0.6) is 0 Å². The van der Waals surface area contributed by atoms with Gasteiger partial charge >= 0.3 is 0 Å². The van der Waals surface area contributed by atoms with E-state index in [0.717, 1.165) is 5.56 Å². The fraction of sp³-hybridized carbons (Fsp3) is 0.176. The fourth-order valence-corrected chi connectivity index (χ4v) is 2.18. The summed E-state index contributed by atoms with van der Waals surface area (Å²) in [6.07, 6.45) is 0.761. The number of benzene rings is 2. The largest absolute Gasteiger partial charge is 0.349 e. The molecular formula is C17H15ClFNO2. The van der Waals surface area contributed by atoms with Gasteiger partial charge < -0.3 is 5.32 Å². The molecule has 1 amide bonds. The van der Waals surface area contributed by atoms with Crippen LogP contribution in [0.3, 0.4) is 0 Å². The first kappa shape index (κ1) is 16.2. The zero-order valence-corrected chi connectivity index (χ0v) is 12.6. The number of rotatable bonds is 6. The van der Waals surface area contributed by atoms with Crippen LogP contribution in [0.1, 0.15) is 22.3 Å². The Hall–Kier alpha value is -2.20. The van der Waals surface area contributed by atoms with Crippen molar-refractivity contribution >= 4 is 23.3 Å². The molecule has 0 unspecified atom stereocenters. The minimum atomic E-state index is -0.402. The Morgan fingerprint density at radius 3 is 2.41 bits per heavy atom. The molecule has 0 radical (unpaired) electrons. The zero-order chi connectivity index (χ0) is 15.9. The molecule has 0 saturated carbocycles. The number of carbonyl (C=O) groups is 2. The number of nitrogens with one attached hydrogen (secondary N) is 1. The zero-order valence-electron chi connectivity index (χ0n) is 11.8. The van der Waals surface area contributed by atoms with Gasteiger partial charge in [-0.15, -0.1) is 0 Å². The molecule has 114 valence electrons. The summed E-state index contributed by atoms with van der Waals surface area (Å²) < 4.78 is 12.8. The average Bonchev–Trinajstić information content (AvgIpc) is 2.52. The van der Waals surface area contributed by atoms with Gasteiger partial charge in [-0.05, 0) is 42.3 Å². The maximum atomic E-state index is 12.8. The van der Waals surface area contributed by atoms with E-state index in [9.17, 15) is 14.0 Å². The van der Waals surface area contributed by atoms with E-state index in [2.05, 4.69) is 5.32 Å². The first-order chi connectivity index (χ1) is 10.6. The summed E-state index contributed by atoms with van der Waals surface area (Å²) in [5.41, 5.74) is 1.26. The van der Waals surface area contributed by atoms with E-state index in [1.807, 2.05) is 18.2 Å². The molecule has 0 aliphatic rings. The second-order valence-corrected chi connectivity index (χ2v) is 5.21. The molecule has 2 aromatic rings. The third-order valence-electron chi connectivity index (χ3n) is 3.19. The summed E-state index contributed by atoms with van der Waals surface area (Å²) in [6.45, 7) is -0.104. The molecule has 0 bridgehead atoms. The Kier molecular flexibility index (Phi) is 5.67. The highest BCUT2D eigenvalue weighted by Crippen LogP contribution is 2.16. The lowest BCUT2D eigenvalue weighted by atomic mass is 10.1. The van der Waals surface area contributed by atoms with Gasteiger partial charge in [0.2, 0.25) is 5.91 Å². The van der Waals surface area contributed by atoms with Crippen molar-refractivity contribution in [2.75, 3.05) is 6.54 Å². The van der Waals surface area contributed by atoms with E-state index in [0.29, 0.717) is 17.0 Å². The van der Waals surface area contributed by atoms with Crippen LogP contribution in [0.4, 0.5) is 4.39 Å². The van der Waals surface area contributed by atoms with Gasteiger partial charge in [-0.1, -0.05) is 29.8 Å². The normalized spacial score (nSPS) is 10.3. The molecular weight excluding hydrogens is 305 g/mol. The molecule has 2 rings (SSSR count). The highest BCUT2D eigenvalue weighted by Gasteiger charge is 2.09. The van der Waals surface area contributed by atoms with Crippen LogP contribution in [-0.4, -0.2) is 18.2 Å². The minimum Gasteiger partial charge on any atom is -0.349 e. The monoisotopic (exact) mass is 319 g/mol. The molecule has 5 heteroatoms. The summed E-state index contributed by atoms with van der Waals surface area (Å²) in [6, 6.07) is 12.5. The smallest absolute Gasteiger partial charge is 0.220 e. The van der Waals surface area contributed by atoms with Gasteiger partial charge in [0.25, 0.3) is 0 Å². The number of ketones is 1. The van der Waals surface area contributed by atoms with Crippen LogP contribution in [0.25, 0.3) is 0 Å². The van der Waals surface area contributed by atoms with Crippen molar-refractivity contribution in [3.63, 3.8) is 0 Å². The number of amides is 1. The van der Waals surface area contributed by atoms with E-state index in [1.54, 1.807) is 6.07 Å². The molecule has 0 aliphatic heterocycles. The first-order valence-electron chi connectivity index (χ1n) is 6.85. The van der Waals surface area contributed by atoms with Gasteiger partial charge in [0.1, 0.15) is 5.82 Å². The number of hydrogen-bond acceptors (Lipinski definition) is 2. The summed E-state index contributed by atoms with van der Waals surface area (Å²) in [7, 11) is 0. The summed E-state index contributed by atoms with van der Waals surface area (Å²) >= 11 is 6.01. The van der Waals surface area contributed by atoms with Crippen LogP contribution < -0.4 is 5.32 Å². The number of hydrogen-bond donors (Lipinski definition) is 1. The lowest BCUT2D eigenvalue weighted by Crippen LogP contribution is -2.29. The van der Waals surface area contributed by atoms with Gasteiger partial charge in [-0.25, -0.2) is 4.39 Å². The lowest BCUT2D eigenvalue weighted by Gasteiger charge is -2.06. The van der Waals surface area contributed by atoms with Crippen molar-refractivity contribution in [2.24, 2.45) is 0 Å². The second kappa shape index (κ2) is 7.71. The maximum Gasteiger partial charge on any atom is 0.220 e. The lowest BCUT2D eigenvalue weighted by molar-refractivity contribution is -0.120. The molecule has 0 heterocycles. The Balaban J connectivity index is 1.79. The molecule has 3 nitrogen and oxygen atoms in total. The molecule has 0 saturated heterocycles. The van der Waals surface area contributed by atoms with E-state index in [1.165, 1.54) is 24.3 Å². The van der Waals surface area contributed by atoms with E-state index < -0.39 is 5.82 Å². The van der Waals surface area contributed by atoms with Crippen molar-refractivity contribution in [3.8, 4) is 0 Å². The Labute approximate surface area is 133 Å². The first-order valence-corrected chi connectivity index (χ1v) is 7.23. The van der Waals surface area contributed by atoms with Crippen molar-refractivity contribution in [1.29, 1.82) is 0 Å². The van der Waals surface area contributed by atoms with E-state index in [-0.39, 0.29) is 24.7 Å². The topological polar surface area (TPSA) is 46.2 Å². The van der Waals surface area contributed by atoms with Gasteiger partial charge in [0, 0.05) is 17.0 Å². The van der Waals surface area contributed by atoms with Crippen LogP contribution in [-0.2, 0) is 11.2 Å². The second-order valence-electron chi connectivity index (χ2n) is 4.80. The van der Waals surface area contributed by atoms with Crippen LogP contribution in [0, 0.1) is 5.82 Å². The molecule has 0 spiro atoms. The third-order valence-corrected chi connectivity index (χ3v) is 3.56. The van der Waals surface area contributed by atoms with Crippen molar-refractivity contribution < 1.29 is 14.0 Å². The van der Waals surface area contributed by atoms with E-state index >= 15 is 0 Å².